The topological polar surface area (TPSA) is 90.7 Å². The molecule has 1 saturated heterocycles. The van der Waals surface area contributed by atoms with E-state index in [4.69, 9.17) is 14.2 Å². The molecule has 3 aromatic rings. The van der Waals surface area contributed by atoms with Crippen LogP contribution in [0.15, 0.2) is 53.7 Å². The van der Waals surface area contributed by atoms with Gasteiger partial charge in [0.2, 0.25) is 11.9 Å². The minimum Gasteiger partial charge on any atom is -0.486 e. The van der Waals surface area contributed by atoms with Crippen molar-refractivity contribution >= 4 is 23.6 Å². The summed E-state index contributed by atoms with van der Waals surface area (Å²) in [6, 6.07) is 15.7. The molecule has 0 bridgehead atoms. The maximum absolute atomic E-state index is 12.6. The van der Waals surface area contributed by atoms with Crippen LogP contribution in [0.2, 0.25) is 0 Å². The van der Waals surface area contributed by atoms with Gasteiger partial charge in [0.1, 0.15) is 12.7 Å². The van der Waals surface area contributed by atoms with Crippen LogP contribution in [0.1, 0.15) is 5.56 Å². The molecule has 2 aliphatic rings. The summed E-state index contributed by atoms with van der Waals surface area (Å²) in [4.78, 5) is 14.8. The van der Waals surface area contributed by atoms with E-state index in [1.165, 1.54) is 11.8 Å². The zero-order valence-electron chi connectivity index (χ0n) is 19.0. The molecule has 1 N–H and O–H groups in total. The highest BCUT2D eigenvalue weighted by Gasteiger charge is 2.24. The van der Waals surface area contributed by atoms with E-state index in [0.717, 1.165) is 36.0 Å². The highest BCUT2D eigenvalue weighted by Crippen LogP contribution is 2.31. The Kier molecular flexibility index (Phi) is 6.87. The second-order valence-electron chi connectivity index (χ2n) is 8.15. The zero-order valence-corrected chi connectivity index (χ0v) is 19.8. The summed E-state index contributed by atoms with van der Waals surface area (Å²) in [5, 5.41) is 12.5. The fourth-order valence-electron chi connectivity index (χ4n) is 3.89. The van der Waals surface area contributed by atoms with Gasteiger partial charge in [-0.2, -0.15) is 0 Å². The summed E-state index contributed by atoms with van der Waals surface area (Å²) in [6.07, 6.45) is -0.229. The van der Waals surface area contributed by atoms with Gasteiger partial charge in [-0.15, -0.1) is 10.2 Å². The van der Waals surface area contributed by atoms with Crippen LogP contribution in [-0.2, 0) is 9.53 Å². The van der Waals surface area contributed by atoms with Crippen molar-refractivity contribution in [1.29, 1.82) is 0 Å². The largest absolute Gasteiger partial charge is 0.486 e. The van der Waals surface area contributed by atoms with Gasteiger partial charge in [0.05, 0.1) is 31.2 Å². The van der Waals surface area contributed by atoms with Crippen molar-refractivity contribution in [1.82, 2.24) is 20.1 Å². The SMILES string of the molecule is Cc1cccc(-n2c(SCC(=O)NCC3COc4ccccc4O3)nnc2N2CCOCC2)c1. The van der Waals surface area contributed by atoms with Crippen molar-refractivity contribution in [2.45, 2.75) is 18.2 Å². The third-order valence-electron chi connectivity index (χ3n) is 5.60. The number of aromatic nitrogens is 3. The number of carbonyl (C=O) groups is 1. The number of carbonyl (C=O) groups excluding carboxylic acids is 1. The molecule has 9 nitrogen and oxygen atoms in total. The molecule has 178 valence electrons. The molecular weight excluding hydrogens is 454 g/mol. The predicted molar refractivity (Wildman–Crippen MR) is 129 cm³/mol. The molecule has 1 unspecified atom stereocenters. The molecule has 10 heteroatoms. The smallest absolute Gasteiger partial charge is 0.232 e. The molecule has 0 saturated carbocycles. The number of rotatable bonds is 7. The van der Waals surface area contributed by atoms with E-state index in [2.05, 4.69) is 39.5 Å². The summed E-state index contributed by atoms with van der Waals surface area (Å²) in [7, 11) is 0. The summed E-state index contributed by atoms with van der Waals surface area (Å²) in [6.45, 7) is 5.64. The Balaban J connectivity index is 1.23. The molecule has 2 aliphatic heterocycles. The number of morpholine rings is 1. The average molecular weight is 482 g/mol. The van der Waals surface area contributed by atoms with Crippen LogP contribution in [-0.4, -0.2) is 72.0 Å². The first-order valence-electron chi connectivity index (χ1n) is 11.3. The van der Waals surface area contributed by atoms with Crippen LogP contribution < -0.4 is 19.7 Å². The summed E-state index contributed by atoms with van der Waals surface area (Å²) in [5.41, 5.74) is 2.12. The van der Waals surface area contributed by atoms with Crippen LogP contribution >= 0.6 is 11.8 Å². The van der Waals surface area contributed by atoms with Gasteiger partial charge in [-0.1, -0.05) is 36.0 Å². The first-order valence-corrected chi connectivity index (χ1v) is 12.3. The Morgan fingerprint density at radius 2 is 1.94 bits per heavy atom. The lowest BCUT2D eigenvalue weighted by atomic mass is 10.2. The average Bonchev–Trinajstić information content (AvgIpc) is 3.30. The number of nitrogens with one attached hydrogen (secondary N) is 1. The molecule has 1 atom stereocenters. The number of para-hydroxylation sites is 2. The van der Waals surface area contributed by atoms with Gasteiger partial charge >= 0.3 is 0 Å². The number of hydrogen-bond acceptors (Lipinski definition) is 8. The lowest BCUT2D eigenvalue weighted by Gasteiger charge is -2.28. The second kappa shape index (κ2) is 10.4. The Morgan fingerprint density at radius 3 is 2.76 bits per heavy atom. The van der Waals surface area contributed by atoms with Crippen LogP contribution in [0.25, 0.3) is 5.69 Å². The lowest BCUT2D eigenvalue weighted by molar-refractivity contribution is -0.119. The molecule has 0 spiro atoms. The summed E-state index contributed by atoms with van der Waals surface area (Å²) in [5.74, 6) is 2.32. The van der Waals surface area contributed by atoms with Crippen LogP contribution in [0.4, 0.5) is 5.95 Å². The number of aryl methyl sites for hydroxylation is 1. The minimum absolute atomic E-state index is 0.0980. The highest BCUT2D eigenvalue weighted by atomic mass is 32.2. The third-order valence-corrected chi connectivity index (χ3v) is 6.53. The van der Waals surface area contributed by atoms with Gasteiger partial charge in [-0.05, 0) is 36.8 Å². The first kappa shape index (κ1) is 22.5. The van der Waals surface area contributed by atoms with Gasteiger partial charge in [-0.25, -0.2) is 0 Å². The number of nitrogens with zero attached hydrogens (tertiary/aromatic N) is 4. The van der Waals surface area contributed by atoms with Crippen LogP contribution in [0, 0.1) is 6.92 Å². The monoisotopic (exact) mass is 481 g/mol. The van der Waals surface area contributed by atoms with E-state index < -0.39 is 0 Å². The normalized spacial score (nSPS) is 17.4. The van der Waals surface area contributed by atoms with Crippen LogP contribution in [0.5, 0.6) is 11.5 Å². The van der Waals surface area contributed by atoms with Crippen molar-refractivity contribution in [3.8, 4) is 17.2 Å². The molecule has 3 heterocycles. The van der Waals surface area contributed by atoms with E-state index >= 15 is 0 Å². The van der Waals surface area contributed by atoms with E-state index in [1.807, 2.05) is 41.0 Å². The fraction of sp³-hybridized carbons (Fsp3) is 0.375. The molecule has 1 amide bonds. The predicted octanol–water partition coefficient (Wildman–Crippen LogP) is 2.46. The molecule has 0 radical (unpaired) electrons. The van der Waals surface area contributed by atoms with E-state index in [9.17, 15) is 4.79 Å². The van der Waals surface area contributed by atoms with E-state index in [1.54, 1.807) is 0 Å². The number of anilines is 1. The quantitative estimate of drug-likeness (QED) is 0.515. The Hall–Kier alpha value is -3.24. The zero-order chi connectivity index (χ0) is 23.3. The van der Waals surface area contributed by atoms with Crippen molar-refractivity contribution in [2.75, 3.05) is 50.1 Å². The first-order chi connectivity index (χ1) is 16.7. The molecule has 2 aromatic carbocycles. The lowest BCUT2D eigenvalue weighted by Crippen LogP contribution is -2.41. The van der Waals surface area contributed by atoms with Gasteiger partial charge in [0.15, 0.2) is 16.7 Å². The van der Waals surface area contributed by atoms with Crippen molar-refractivity contribution in [3.63, 3.8) is 0 Å². The standard InChI is InChI=1S/C24H27N5O4S/c1-17-5-4-6-18(13-17)29-23(28-9-11-31-12-10-28)26-27-24(29)34-16-22(30)25-14-19-15-32-20-7-2-3-8-21(20)33-19/h2-8,13,19H,9-12,14-16H2,1H3,(H,25,30). The minimum atomic E-state index is -0.229. The molecule has 1 aromatic heterocycles. The van der Waals surface area contributed by atoms with Gasteiger partial charge in [0.25, 0.3) is 0 Å². The number of amides is 1. The van der Waals surface area contributed by atoms with Crippen molar-refractivity contribution in [3.05, 3.63) is 54.1 Å². The number of ether oxygens (including phenoxy) is 3. The number of benzene rings is 2. The van der Waals surface area contributed by atoms with Gasteiger partial charge in [0, 0.05) is 13.1 Å². The number of thioether (sulfide) groups is 1. The maximum atomic E-state index is 12.6. The molecule has 1 fully saturated rings. The molecule has 34 heavy (non-hydrogen) atoms. The fourth-order valence-corrected chi connectivity index (χ4v) is 4.67. The molecule has 5 rings (SSSR count). The number of hydrogen-bond donors (Lipinski definition) is 1. The van der Waals surface area contributed by atoms with Crippen molar-refractivity contribution in [2.24, 2.45) is 0 Å². The maximum Gasteiger partial charge on any atom is 0.232 e. The van der Waals surface area contributed by atoms with Gasteiger partial charge in [-0.3, -0.25) is 9.36 Å². The highest BCUT2D eigenvalue weighted by molar-refractivity contribution is 7.99. The van der Waals surface area contributed by atoms with Crippen molar-refractivity contribution < 1.29 is 19.0 Å². The van der Waals surface area contributed by atoms with E-state index in [-0.39, 0.29) is 17.8 Å². The summed E-state index contributed by atoms with van der Waals surface area (Å²) < 4.78 is 19.1. The van der Waals surface area contributed by atoms with Crippen LogP contribution in [0.3, 0.4) is 0 Å². The summed E-state index contributed by atoms with van der Waals surface area (Å²) >= 11 is 1.36. The molecular formula is C24H27N5O4S. The second-order valence-corrected chi connectivity index (χ2v) is 9.09. The third kappa shape index (κ3) is 5.13. The van der Waals surface area contributed by atoms with Gasteiger partial charge < -0.3 is 24.4 Å². The number of fused-ring (bicyclic) bond motifs is 1. The molecule has 0 aliphatic carbocycles. The van der Waals surface area contributed by atoms with E-state index in [0.29, 0.717) is 37.3 Å². The Labute approximate surface area is 202 Å². The Bertz CT molecular complexity index is 1150. The Morgan fingerprint density at radius 1 is 1.12 bits per heavy atom.